The van der Waals surface area contributed by atoms with Crippen molar-refractivity contribution < 1.29 is 14.8 Å². The Bertz CT molecular complexity index is 689. The van der Waals surface area contributed by atoms with Crippen LogP contribution in [-0.4, -0.2) is 22.7 Å². The molecule has 0 aromatic heterocycles. The molecule has 1 amide bonds. The van der Waals surface area contributed by atoms with Gasteiger partial charge < -0.3 is 10.4 Å². The quantitative estimate of drug-likeness (QED) is 0.410. The standard InChI is InChI=1S/C16H17N3O4/c20-16(21)18-13-8-9-14(15(11-13)19(22)23)17-10-4-7-12-5-2-1-3-6-12/h1-3,5-6,8-9,11,17-18H,4,7,10H2,(H,20,21). The number of amides is 1. The van der Waals surface area contributed by atoms with Gasteiger partial charge >= 0.3 is 6.09 Å². The van der Waals surface area contributed by atoms with Crippen molar-refractivity contribution in [2.45, 2.75) is 12.8 Å². The van der Waals surface area contributed by atoms with Crippen LogP contribution in [0.2, 0.25) is 0 Å². The molecule has 0 bridgehead atoms. The third-order valence-corrected chi connectivity index (χ3v) is 3.25. The van der Waals surface area contributed by atoms with E-state index in [1.807, 2.05) is 30.3 Å². The van der Waals surface area contributed by atoms with Crippen molar-refractivity contribution in [3.8, 4) is 0 Å². The zero-order valence-electron chi connectivity index (χ0n) is 12.4. The molecule has 2 aromatic rings. The zero-order valence-corrected chi connectivity index (χ0v) is 12.4. The zero-order chi connectivity index (χ0) is 16.7. The molecule has 0 aliphatic rings. The molecule has 7 heteroatoms. The summed E-state index contributed by atoms with van der Waals surface area (Å²) in [5.41, 5.74) is 1.60. The monoisotopic (exact) mass is 315 g/mol. The van der Waals surface area contributed by atoms with Crippen LogP contribution >= 0.6 is 0 Å². The van der Waals surface area contributed by atoms with E-state index in [2.05, 4.69) is 10.6 Å². The van der Waals surface area contributed by atoms with Crippen molar-refractivity contribution in [3.05, 3.63) is 64.2 Å². The van der Waals surface area contributed by atoms with E-state index in [0.717, 1.165) is 12.8 Å². The fourth-order valence-electron chi connectivity index (χ4n) is 2.19. The first-order valence-electron chi connectivity index (χ1n) is 7.12. The smallest absolute Gasteiger partial charge is 0.409 e. The van der Waals surface area contributed by atoms with Crippen LogP contribution in [0.3, 0.4) is 0 Å². The summed E-state index contributed by atoms with van der Waals surface area (Å²) in [6, 6.07) is 14.2. The summed E-state index contributed by atoms with van der Waals surface area (Å²) in [6.45, 7) is 0.585. The van der Waals surface area contributed by atoms with E-state index in [0.29, 0.717) is 12.2 Å². The Morgan fingerprint density at radius 1 is 1.17 bits per heavy atom. The molecule has 7 nitrogen and oxygen atoms in total. The lowest BCUT2D eigenvalue weighted by molar-refractivity contribution is -0.383. The van der Waals surface area contributed by atoms with Crippen LogP contribution in [0.5, 0.6) is 0 Å². The first kappa shape index (κ1) is 16.3. The van der Waals surface area contributed by atoms with E-state index in [1.165, 1.54) is 23.8 Å². The van der Waals surface area contributed by atoms with Gasteiger partial charge in [-0.25, -0.2) is 4.79 Å². The summed E-state index contributed by atoms with van der Waals surface area (Å²) >= 11 is 0. The lowest BCUT2D eigenvalue weighted by atomic mass is 10.1. The van der Waals surface area contributed by atoms with Crippen molar-refractivity contribution in [3.63, 3.8) is 0 Å². The third kappa shape index (κ3) is 4.99. The van der Waals surface area contributed by atoms with Crippen LogP contribution in [0.1, 0.15) is 12.0 Å². The van der Waals surface area contributed by atoms with E-state index in [4.69, 9.17) is 5.11 Å². The summed E-state index contributed by atoms with van der Waals surface area (Å²) in [5, 5.41) is 24.9. The Labute approximate surface area is 133 Å². The fraction of sp³-hybridized carbons (Fsp3) is 0.188. The number of carboxylic acid groups (broad SMARTS) is 1. The number of nitro benzene ring substituents is 1. The number of nitrogens with one attached hydrogen (secondary N) is 2. The van der Waals surface area contributed by atoms with Gasteiger partial charge in [-0.3, -0.25) is 15.4 Å². The van der Waals surface area contributed by atoms with E-state index < -0.39 is 11.0 Å². The average Bonchev–Trinajstić information content (AvgIpc) is 2.53. The molecule has 0 fully saturated rings. The van der Waals surface area contributed by atoms with Crippen molar-refractivity contribution in [2.24, 2.45) is 0 Å². The first-order chi connectivity index (χ1) is 11.1. The Morgan fingerprint density at radius 3 is 2.57 bits per heavy atom. The van der Waals surface area contributed by atoms with E-state index in [-0.39, 0.29) is 11.4 Å². The van der Waals surface area contributed by atoms with Gasteiger partial charge in [0.25, 0.3) is 5.69 Å². The SMILES string of the molecule is O=C(O)Nc1ccc(NCCCc2ccccc2)c([N+](=O)[O-])c1. The van der Waals surface area contributed by atoms with E-state index in [1.54, 1.807) is 0 Å². The van der Waals surface area contributed by atoms with Gasteiger partial charge in [0.2, 0.25) is 0 Å². The molecule has 0 aliphatic heterocycles. The Morgan fingerprint density at radius 2 is 1.91 bits per heavy atom. The van der Waals surface area contributed by atoms with E-state index in [9.17, 15) is 14.9 Å². The molecule has 2 rings (SSSR count). The second-order valence-electron chi connectivity index (χ2n) is 4.94. The number of hydrogen-bond donors (Lipinski definition) is 3. The van der Waals surface area contributed by atoms with Crippen molar-refractivity contribution in [1.29, 1.82) is 0 Å². The predicted octanol–water partition coefficient (Wildman–Crippen LogP) is 3.73. The number of carbonyl (C=O) groups is 1. The maximum atomic E-state index is 11.1. The number of benzene rings is 2. The van der Waals surface area contributed by atoms with Gasteiger partial charge in [-0.15, -0.1) is 0 Å². The minimum atomic E-state index is -1.26. The molecule has 3 N–H and O–H groups in total. The minimum absolute atomic E-state index is 0.157. The molecule has 23 heavy (non-hydrogen) atoms. The number of nitrogens with zero attached hydrogens (tertiary/aromatic N) is 1. The summed E-state index contributed by atoms with van der Waals surface area (Å²) in [5.74, 6) is 0. The van der Waals surface area contributed by atoms with Crippen LogP contribution in [0.15, 0.2) is 48.5 Å². The van der Waals surface area contributed by atoms with E-state index >= 15 is 0 Å². The van der Waals surface area contributed by atoms with Crippen LogP contribution in [0.25, 0.3) is 0 Å². The first-order valence-corrected chi connectivity index (χ1v) is 7.12. The number of hydrogen-bond acceptors (Lipinski definition) is 4. The Balaban J connectivity index is 1.96. The Kier molecular flexibility index (Phi) is 5.51. The molecule has 0 unspecified atom stereocenters. The van der Waals surface area contributed by atoms with Gasteiger partial charge in [0.15, 0.2) is 0 Å². The summed E-state index contributed by atoms with van der Waals surface area (Å²) in [7, 11) is 0. The van der Waals surface area contributed by atoms with Gasteiger partial charge in [0, 0.05) is 12.6 Å². The molecule has 0 saturated carbocycles. The normalized spacial score (nSPS) is 10.1. The molecule has 0 atom stereocenters. The highest BCUT2D eigenvalue weighted by Gasteiger charge is 2.15. The summed E-state index contributed by atoms with van der Waals surface area (Å²) in [6.07, 6.45) is 0.444. The Hall–Kier alpha value is -3.09. The van der Waals surface area contributed by atoms with Gasteiger partial charge in [-0.1, -0.05) is 30.3 Å². The number of aryl methyl sites for hydroxylation is 1. The average molecular weight is 315 g/mol. The molecule has 0 aliphatic carbocycles. The van der Waals surface area contributed by atoms with Crippen LogP contribution in [-0.2, 0) is 6.42 Å². The molecular weight excluding hydrogens is 298 g/mol. The van der Waals surface area contributed by atoms with Gasteiger partial charge in [0.1, 0.15) is 5.69 Å². The van der Waals surface area contributed by atoms with Crippen LogP contribution in [0, 0.1) is 10.1 Å². The van der Waals surface area contributed by atoms with Gasteiger partial charge in [-0.05, 0) is 30.5 Å². The molecular formula is C16H17N3O4. The van der Waals surface area contributed by atoms with Crippen LogP contribution < -0.4 is 10.6 Å². The van der Waals surface area contributed by atoms with Gasteiger partial charge in [-0.2, -0.15) is 0 Å². The lowest BCUT2D eigenvalue weighted by Gasteiger charge is -2.09. The topological polar surface area (TPSA) is 104 Å². The van der Waals surface area contributed by atoms with Gasteiger partial charge in [0.05, 0.1) is 10.6 Å². The highest BCUT2D eigenvalue weighted by Crippen LogP contribution is 2.27. The summed E-state index contributed by atoms with van der Waals surface area (Å²) < 4.78 is 0. The molecule has 0 saturated heterocycles. The maximum Gasteiger partial charge on any atom is 0.409 e. The van der Waals surface area contributed by atoms with Crippen molar-refractivity contribution >= 4 is 23.2 Å². The molecule has 120 valence electrons. The highest BCUT2D eigenvalue weighted by molar-refractivity contribution is 5.84. The number of anilines is 2. The number of rotatable bonds is 7. The third-order valence-electron chi connectivity index (χ3n) is 3.25. The molecule has 0 heterocycles. The summed E-state index contributed by atoms with van der Waals surface area (Å²) in [4.78, 5) is 21.2. The van der Waals surface area contributed by atoms with Crippen molar-refractivity contribution in [1.82, 2.24) is 0 Å². The molecule has 2 aromatic carbocycles. The fourth-order valence-corrected chi connectivity index (χ4v) is 2.19. The molecule has 0 radical (unpaired) electrons. The second-order valence-corrected chi connectivity index (χ2v) is 4.94. The van der Waals surface area contributed by atoms with Crippen LogP contribution in [0.4, 0.5) is 21.9 Å². The highest BCUT2D eigenvalue weighted by atomic mass is 16.6. The van der Waals surface area contributed by atoms with Crippen molar-refractivity contribution in [2.75, 3.05) is 17.2 Å². The minimum Gasteiger partial charge on any atom is -0.465 e. The largest absolute Gasteiger partial charge is 0.465 e. The molecule has 0 spiro atoms. The predicted molar refractivity (Wildman–Crippen MR) is 88.0 cm³/mol. The lowest BCUT2D eigenvalue weighted by Crippen LogP contribution is -2.09. The maximum absolute atomic E-state index is 11.1. The number of nitro groups is 1. The second kappa shape index (κ2) is 7.79.